The number of phenols is 1. The Morgan fingerprint density at radius 1 is 1.07 bits per heavy atom. The van der Waals surface area contributed by atoms with Crippen LogP contribution in [-0.4, -0.2) is 49.3 Å². The number of halogens is 1. The van der Waals surface area contributed by atoms with Crippen molar-refractivity contribution in [3.8, 4) is 11.5 Å². The van der Waals surface area contributed by atoms with Gasteiger partial charge in [0.1, 0.15) is 23.4 Å². The summed E-state index contributed by atoms with van der Waals surface area (Å²) in [5, 5.41) is 18.3. The predicted octanol–water partition coefficient (Wildman–Crippen LogP) is 2.28. The molecule has 0 spiro atoms. The standard InChI is InChI=1S/C21H27FN4O3/c1-3-23-21(26-14-15(2)29-19-10-6-17(22)7-11-19)25-13-12-24-20(28)16-4-8-18(27)9-5-16/h4-11,15,27H,3,12-14H2,1-2H3,(H,24,28)(H2,23,25,26). The Labute approximate surface area is 170 Å². The Kier molecular flexibility index (Phi) is 8.75. The highest BCUT2D eigenvalue weighted by molar-refractivity contribution is 5.94. The van der Waals surface area contributed by atoms with Crippen molar-refractivity contribution in [2.75, 3.05) is 26.2 Å². The number of nitrogens with one attached hydrogen (secondary N) is 3. The molecule has 0 bridgehead atoms. The Balaban J connectivity index is 1.75. The van der Waals surface area contributed by atoms with Crippen LogP contribution in [0.15, 0.2) is 53.5 Å². The van der Waals surface area contributed by atoms with Gasteiger partial charge in [0, 0.05) is 25.2 Å². The van der Waals surface area contributed by atoms with Crippen LogP contribution in [0.1, 0.15) is 24.2 Å². The minimum absolute atomic E-state index is 0.118. The summed E-state index contributed by atoms with van der Waals surface area (Å²) < 4.78 is 18.7. The van der Waals surface area contributed by atoms with Crippen LogP contribution in [0, 0.1) is 5.82 Å². The molecule has 7 nitrogen and oxygen atoms in total. The quantitative estimate of drug-likeness (QED) is 0.293. The molecule has 1 unspecified atom stereocenters. The first kappa shape index (κ1) is 22.0. The van der Waals surface area contributed by atoms with E-state index in [9.17, 15) is 14.3 Å². The second kappa shape index (κ2) is 11.5. The molecule has 0 saturated carbocycles. The number of benzene rings is 2. The minimum atomic E-state index is -0.306. The molecular formula is C21H27FN4O3. The molecule has 0 aliphatic rings. The molecule has 2 aromatic rings. The van der Waals surface area contributed by atoms with Gasteiger partial charge in [0.25, 0.3) is 5.91 Å². The van der Waals surface area contributed by atoms with Gasteiger partial charge in [0.15, 0.2) is 5.96 Å². The number of aromatic hydroxyl groups is 1. The van der Waals surface area contributed by atoms with Crippen molar-refractivity contribution in [1.82, 2.24) is 16.0 Å². The normalized spacial score (nSPS) is 12.2. The van der Waals surface area contributed by atoms with E-state index in [1.807, 2.05) is 13.8 Å². The number of ether oxygens (including phenoxy) is 1. The number of guanidine groups is 1. The third-order valence-electron chi connectivity index (χ3n) is 3.83. The van der Waals surface area contributed by atoms with Gasteiger partial charge in [0.2, 0.25) is 0 Å². The monoisotopic (exact) mass is 402 g/mol. The topological polar surface area (TPSA) is 95.0 Å². The van der Waals surface area contributed by atoms with Crippen molar-refractivity contribution in [2.45, 2.75) is 20.0 Å². The molecule has 29 heavy (non-hydrogen) atoms. The van der Waals surface area contributed by atoms with Crippen molar-refractivity contribution >= 4 is 11.9 Å². The number of rotatable bonds is 9. The number of hydrogen-bond donors (Lipinski definition) is 4. The molecule has 4 N–H and O–H groups in total. The number of aliphatic imine (C=N–C) groups is 1. The highest BCUT2D eigenvalue weighted by Crippen LogP contribution is 2.13. The Morgan fingerprint density at radius 3 is 2.38 bits per heavy atom. The van der Waals surface area contributed by atoms with E-state index in [4.69, 9.17) is 4.74 Å². The van der Waals surface area contributed by atoms with Crippen LogP contribution in [-0.2, 0) is 0 Å². The van der Waals surface area contributed by atoms with Crippen molar-refractivity contribution < 1.29 is 19.0 Å². The first-order valence-electron chi connectivity index (χ1n) is 9.49. The van der Waals surface area contributed by atoms with Gasteiger partial charge in [-0.1, -0.05) is 0 Å². The molecule has 0 heterocycles. The summed E-state index contributed by atoms with van der Waals surface area (Å²) in [6, 6.07) is 11.9. The highest BCUT2D eigenvalue weighted by atomic mass is 19.1. The van der Waals surface area contributed by atoms with Gasteiger partial charge in [-0.2, -0.15) is 0 Å². The lowest BCUT2D eigenvalue weighted by Crippen LogP contribution is -2.42. The van der Waals surface area contributed by atoms with E-state index in [-0.39, 0.29) is 23.6 Å². The molecule has 8 heteroatoms. The molecule has 1 atom stereocenters. The predicted molar refractivity (Wildman–Crippen MR) is 111 cm³/mol. The average Bonchev–Trinajstić information content (AvgIpc) is 2.71. The van der Waals surface area contributed by atoms with E-state index in [1.54, 1.807) is 24.3 Å². The fourth-order valence-electron chi connectivity index (χ4n) is 2.42. The summed E-state index contributed by atoms with van der Waals surface area (Å²) in [7, 11) is 0. The van der Waals surface area contributed by atoms with Crippen LogP contribution in [0.5, 0.6) is 11.5 Å². The zero-order chi connectivity index (χ0) is 21.1. The fraction of sp³-hybridized carbons (Fsp3) is 0.333. The smallest absolute Gasteiger partial charge is 0.251 e. The van der Waals surface area contributed by atoms with Crippen molar-refractivity contribution in [1.29, 1.82) is 0 Å². The number of carbonyl (C=O) groups excluding carboxylic acids is 1. The summed E-state index contributed by atoms with van der Waals surface area (Å²) in [5.74, 6) is 0.798. The van der Waals surface area contributed by atoms with Crippen LogP contribution in [0.3, 0.4) is 0 Å². The van der Waals surface area contributed by atoms with E-state index in [0.29, 0.717) is 43.5 Å². The number of carbonyl (C=O) groups is 1. The lowest BCUT2D eigenvalue weighted by Gasteiger charge is -2.15. The molecule has 0 saturated heterocycles. The second-order valence-corrected chi connectivity index (χ2v) is 6.33. The lowest BCUT2D eigenvalue weighted by atomic mass is 10.2. The molecule has 0 aliphatic heterocycles. The first-order chi connectivity index (χ1) is 14.0. The maximum Gasteiger partial charge on any atom is 0.251 e. The van der Waals surface area contributed by atoms with Crippen molar-refractivity contribution in [3.05, 3.63) is 59.9 Å². The van der Waals surface area contributed by atoms with Gasteiger partial charge >= 0.3 is 0 Å². The minimum Gasteiger partial charge on any atom is -0.508 e. The van der Waals surface area contributed by atoms with Crippen molar-refractivity contribution in [3.63, 3.8) is 0 Å². The molecular weight excluding hydrogens is 375 g/mol. The van der Waals surface area contributed by atoms with E-state index in [0.717, 1.165) is 0 Å². The largest absolute Gasteiger partial charge is 0.508 e. The number of hydrogen-bond acceptors (Lipinski definition) is 4. The highest BCUT2D eigenvalue weighted by Gasteiger charge is 2.06. The Hall–Kier alpha value is -3.29. The van der Waals surface area contributed by atoms with Crippen LogP contribution < -0.4 is 20.7 Å². The Morgan fingerprint density at radius 2 is 1.72 bits per heavy atom. The molecule has 0 aromatic heterocycles. The van der Waals surface area contributed by atoms with E-state index < -0.39 is 0 Å². The summed E-state index contributed by atoms with van der Waals surface area (Å²) in [4.78, 5) is 16.5. The van der Waals surface area contributed by atoms with Crippen LogP contribution in [0.25, 0.3) is 0 Å². The van der Waals surface area contributed by atoms with Gasteiger partial charge in [-0.15, -0.1) is 0 Å². The van der Waals surface area contributed by atoms with Gasteiger partial charge < -0.3 is 25.8 Å². The van der Waals surface area contributed by atoms with E-state index in [2.05, 4.69) is 20.9 Å². The summed E-state index contributed by atoms with van der Waals surface area (Å²) >= 11 is 0. The van der Waals surface area contributed by atoms with Crippen LogP contribution in [0.4, 0.5) is 4.39 Å². The molecule has 0 aliphatic carbocycles. The number of nitrogens with zero attached hydrogens (tertiary/aromatic N) is 1. The van der Waals surface area contributed by atoms with E-state index >= 15 is 0 Å². The summed E-state index contributed by atoms with van der Waals surface area (Å²) in [6.07, 6.45) is -0.190. The number of amides is 1. The van der Waals surface area contributed by atoms with Crippen LogP contribution in [0.2, 0.25) is 0 Å². The first-order valence-corrected chi connectivity index (χ1v) is 9.49. The maximum atomic E-state index is 12.9. The van der Waals surface area contributed by atoms with Gasteiger partial charge in [-0.3, -0.25) is 4.79 Å². The van der Waals surface area contributed by atoms with Crippen LogP contribution >= 0.6 is 0 Å². The third-order valence-corrected chi connectivity index (χ3v) is 3.83. The van der Waals surface area contributed by atoms with E-state index in [1.165, 1.54) is 24.3 Å². The molecule has 2 rings (SSSR count). The summed E-state index contributed by atoms with van der Waals surface area (Å²) in [6.45, 7) is 5.84. The zero-order valence-electron chi connectivity index (χ0n) is 16.6. The zero-order valence-corrected chi connectivity index (χ0v) is 16.6. The number of phenolic OH excluding ortho intramolecular Hbond substituents is 1. The average molecular weight is 402 g/mol. The third kappa shape index (κ3) is 8.08. The van der Waals surface area contributed by atoms with Gasteiger partial charge in [-0.25, -0.2) is 9.38 Å². The Bertz CT molecular complexity index is 795. The molecule has 156 valence electrons. The van der Waals surface area contributed by atoms with Gasteiger partial charge in [-0.05, 0) is 62.4 Å². The lowest BCUT2D eigenvalue weighted by molar-refractivity contribution is 0.0954. The van der Waals surface area contributed by atoms with Gasteiger partial charge in [0.05, 0.1) is 6.54 Å². The molecule has 0 fully saturated rings. The molecule has 1 amide bonds. The fourth-order valence-corrected chi connectivity index (χ4v) is 2.42. The van der Waals surface area contributed by atoms with Crippen molar-refractivity contribution in [2.24, 2.45) is 4.99 Å². The summed E-state index contributed by atoms with van der Waals surface area (Å²) in [5.41, 5.74) is 0.482. The maximum absolute atomic E-state index is 12.9. The SMILES string of the molecule is CCNC(=NCC(C)Oc1ccc(F)cc1)NCCNC(=O)c1ccc(O)cc1. The second-order valence-electron chi connectivity index (χ2n) is 6.33. The molecule has 0 radical (unpaired) electrons. The molecule has 2 aromatic carbocycles.